The third-order valence-corrected chi connectivity index (χ3v) is 9.46. The first-order chi connectivity index (χ1) is 12.6. The summed E-state index contributed by atoms with van der Waals surface area (Å²) >= 11 is 0. The molecule has 0 spiro atoms. The van der Waals surface area contributed by atoms with Crippen molar-refractivity contribution in [2.24, 2.45) is 5.73 Å². The first-order valence-corrected chi connectivity index (χ1v) is 12.0. The Hall–Kier alpha value is -0.0962. The molecule has 0 aliphatic rings. The van der Waals surface area contributed by atoms with Crippen molar-refractivity contribution in [2.75, 3.05) is 62.3 Å². The number of hydrogen-bond donors (Lipinski definition) is 2. The van der Waals surface area contributed by atoms with Gasteiger partial charge in [0.15, 0.2) is 6.17 Å². The topological polar surface area (TPSA) is 93.4 Å². The van der Waals surface area contributed by atoms with E-state index >= 15 is 0 Å². The SMILES string of the molecule is CO[Si](CCCNCCN)(OC)OC.CO[Si](OC)(OC)C(F)(F)C(C)F. The van der Waals surface area contributed by atoms with Crippen molar-refractivity contribution in [3.8, 4) is 0 Å². The van der Waals surface area contributed by atoms with E-state index in [0.717, 1.165) is 53.8 Å². The molecular weight excluding hydrogens is 405 g/mol. The van der Waals surface area contributed by atoms with Crippen molar-refractivity contribution in [3.05, 3.63) is 0 Å². The largest absolute Gasteiger partial charge is 0.577 e. The van der Waals surface area contributed by atoms with E-state index in [-0.39, 0.29) is 0 Å². The number of nitrogens with one attached hydrogen (secondary N) is 1. The van der Waals surface area contributed by atoms with Crippen LogP contribution < -0.4 is 11.1 Å². The molecule has 0 fully saturated rings. The molecule has 27 heavy (non-hydrogen) atoms. The fourth-order valence-corrected chi connectivity index (χ4v) is 5.64. The molecule has 0 aliphatic heterocycles. The zero-order valence-corrected chi connectivity index (χ0v) is 19.3. The Kier molecular flexibility index (Phi) is 16.0. The molecule has 1 unspecified atom stereocenters. The average Bonchev–Trinajstić information content (AvgIpc) is 2.67. The minimum absolute atomic E-state index is 0.668. The van der Waals surface area contributed by atoms with Crippen LogP contribution >= 0.6 is 0 Å². The molecule has 0 amide bonds. The van der Waals surface area contributed by atoms with E-state index in [1.807, 2.05) is 0 Å². The molecule has 0 aromatic rings. The predicted octanol–water partition coefficient (Wildman–Crippen LogP) is 1.20. The van der Waals surface area contributed by atoms with Crippen LogP contribution in [0.4, 0.5) is 13.2 Å². The van der Waals surface area contributed by atoms with E-state index in [0.29, 0.717) is 6.54 Å². The van der Waals surface area contributed by atoms with Crippen molar-refractivity contribution in [2.45, 2.75) is 31.1 Å². The fraction of sp³-hybridized carbons (Fsp3) is 1.00. The van der Waals surface area contributed by atoms with Gasteiger partial charge in [-0.2, -0.15) is 8.78 Å². The Morgan fingerprint density at radius 2 is 1.33 bits per heavy atom. The summed E-state index contributed by atoms with van der Waals surface area (Å²) in [5.74, 6) is 0. The maximum atomic E-state index is 13.2. The fourth-order valence-electron chi connectivity index (χ4n) is 2.11. The third kappa shape index (κ3) is 8.85. The summed E-state index contributed by atoms with van der Waals surface area (Å²) in [4.78, 5) is 0. The van der Waals surface area contributed by atoms with E-state index in [2.05, 4.69) is 18.6 Å². The molecule has 0 aromatic heterocycles. The summed E-state index contributed by atoms with van der Waals surface area (Å²) < 4.78 is 68.2. The lowest BCUT2D eigenvalue weighted by atomic mass is 10.5. The maximum absolute atomic E-state index is 13.2. The first-order valence-electron chi connectivity index (χ1n) is 8.36. The van der Waals surface area contributed by atoms with Gasteiger partial charge in [-0.15, -0.1) is 0 Å². The highest BCUT2D eigenvalue weighted by molar-refractivity contribution is 6.63. The van der Waals surface area contributed by atoms with Gasteiger partial charge in [-0.3, -0.25) is 0 Å². The van der Waals surface area contributed by atoms with Crippen molar-refractivity contribution in [1.82, 2.24) is 5.32 Å². The molecule has 0 rings (SSSR count). The average molecular weight is 441 g/mol. The van der Waals surface area contributed by atoms with Gasteiger partial charge in [0.2, 0.25) is 0 Å². The lowest BCUT2D eigenvalue weighted by molar-refractivity contribution is -0.0729. The number of alkyl halides is 3. The minimum Gasteiger partial charge on any atom is -0.377 e. The Morgan fingerprint density at radius 1 is 0.889 bits per heavy atom. The Labute approximate surface area is 162 Å². The number of hydrogen-bond acceptors (Lipinski definition) is 8. The molecule has 13 heteroatoms. The third-order valence-electron chi connectivity index (χ3n) is 3.80. The van der Waals surface area contributed by atoms with Gasteiger partial charge in [0, 0.05) is 61.8 Å². The molecular formula is C14H35F3N2O6Si2. The molecule has 0 heterocycles. The van der Waals surface area contributed by atoms with Gasteiger partial charge in [-0.05, 0) is 19.9 Å². The summed E-state index contributed by atoms with van der Waals surface area (Å²) in [5.41, 5.74) is 1.62. The predicted molar refractivity (Wildman–Crippen MR) is 100 cm³/mol. The van der Waals surface area contributed by atoms with Crippen LogP contribution in [0.25, 0.3) is 0 Å². The Bertz CT molecular complexity index is 349. The van der Waals surface area contributed by atoms with Gasteiger partial charge in [-0.1, -0.05) is 0 Å². The normalized spacial score (nSPS) is 13.9. The van der Waals surface area contributed by atoms with Gasteiger partial charge >= 0.3 is 23.2 Å². The van der Waals surface area contributed by atoms with E-state index < -0.39 is 29.3 Å². The van der Waals surface area contributed by atoms with Gasteiger partial charge in [0.05, 0.1) is 0 Å². The standard InChI is InChI=1S/C8H22N2O3Si.C6H13F3O3Si/c1-11-14(12-2,13-3)8-4-6-10-7-5-9;1-5(7)6(8,9)13(10-2,11-3)12-4/h10H,4-9H2,1-3H3;5H,1-4H3. The molecule has 0 radical (unpaired) electrons. The smallest absolute Gasteiger partial charge is 0.377 e. The highest BCUT2D eigenvalue weighted by Crippen LogP contribution is 2.33. The van der Waals surface area contributed by atoms with Crippen LogP contribution in [0, 0.1) is 0 Å². The van der Waals surface area contributed by atoms with E-state index in [1.54, 1.807) is 21.3 Å². The Balaban J connectivity index is 0. The highest BCUT2D eigenvalue weighted by Gasteiger charge is 2.66. The lowest BCUT2D eigenvalue weighted by Crippen LogP contribution is -2.62. The minimum atomic E-state index is -4.22. The molecule has 1 atom stereocenters. The van der Waals surface area contributed by atoms with Crippen molar-refractivity contribution >= 4 is 17.6 Å². The monoisotopic (exact) mass is 440 g/mol. The van der Waals surface area contributed by atoms with E-state index in [1.165, 1.54) is 0 Å². The summed E-state index contributed by atoms with van der Waals surface area (Å²) in [6, 6.07) is 0.827. The summed E-state index contributed by atoms with van der Waals surface area (Å²) in [5, 5.41) is 3.21. The molecule has 0 bridgehead atoms. The number of rotatable bonds is 14. The molecule has 3 N–H and O–H groups in total. The van der Waals surface area contributed by atoms with Gasteiger partial charge in [0.1, 0.15) is 0 Å². The van der Waals surface area contributed by atoms with Crippen molar-refractivity contribution in [3.63, 3.8) is 0 Å². The quantitative estimate of drug-likeness (QED) is 0.307. The van der Waals surface area contributed by atoms with Crippen LogP contribution in [0.1, 0.15) is 13.3 Å². The van der Waals surface area contributed by atoms with Gasteiger partial charge < -0.3 is 37.6 Å². The molecule has 0 aliphatic carbocycles. The zero-order valence-electron chi connectivity index (χ0n) is 17.3. The van der Waals surface area contributed by atoms with Crippen LogP contribution in [-0.2, 0) is 26.6 Å². The van der Waals surface area contributed by atoms with Gasteiger partial charge in [0.25, 0.3) is 0 Å². The van der Waals surface area contributed by atoms with Crippen LogP contribution in [0.5, 0.6) is 0 Å². The molecule has 0 saturated heterocycles. The van der Waals surface area contributed by atoms with Crippen LogP contribution in [-0.4, -0.2) is 91.6 Å². The maximum Gasteiger partial charge on any atom is 0.577 e. The second-order valence-corrected chi connectivity index (χ2v) is 11.4. The molecule has 166 valence electrons. The lowest BCUT2D eigenvalue weighted by Gasteiger charge is -2.32. The van der Waals surface area contributed by atoms with Crippen LogP contribution in [0.15, 0.2) is 0 Å². The second-order valence-electron chi connectivity index (χ2n) is 5.35. The highest BCUT2D eigenvalue weighted by atomic mass is 28.4. The molecule has 0 aromatic carbocycles. The zero-order chi connectivity index (χ0) is 21.6. The van der Waals surface area contributed by atoms with Crippen molar-refractivity contribution in [1.29, 1.82) is 0 Å². The Morgan fingerprint density at radius 3 is 1.59 bits per heavy atom. The van der Waals surface area contributed by atoms with E-state index in [4.69, 9.17) is 19.0 Å². The molecule has 0 saturated carbocycles. The van der Waals surface area contributed by atoms with Crippen LogP contribution in [0.3, 0.4) is 0 Å². The van der Waals surface area contributed by atoms with Crippen LogP contribution in [0.2, 0.25) is 6.04 Å². The second kappa shape index (κ2) is 14.8. The molecule has 8 nitrogen and oxygen atoms in total. The van der Waals surface area contributed by atoms with E-state index in [9.17, 15) is 13.2 Å². The summed E-state index contributed by atoms with van der Waals surface area (Å²) in [6.07, 6.45) is -1.40. The van der Waals surface area contributed by atoms with Crippen molar-refractivity contribution < 1.29 is 39.7 Å². The first kappa shape index (κ1) is 29.1. The summed E-state index contributed by atoms with van der Waals surface area (Å²) in [6.45, 7) is 3.17. The summed E-state index contributed by atoms with van der Waals surface area (Å²) in [7, 11) is 1.36. The number of nitrogens with two attached hydrogens (primary N) is 1. The number of halogens is 3. The van der Waals surface area contributed by atoms with Gasteiger partial charge in [-0.25, -0.2) is 4.39 Å².